The van der Waals surface area contributed by atoms with Crippen LogP contribution < -0.4 is 0 Å². The smallest absolute Gasteiger partial charge is 0.0745 e. The van der Waals surface area contributed by atoms with E-state index in [9.17, 15) is 0 Å². The summed E-state index contributed by atoms with van der Waals surface area (Å²) in [4.78, 5) is 0. The molecule has 0 aromatic rings. The molecule has 0 saturated carbocycles. The van der Waals surface area contributed by atoms with E-state index in [1.807, 2.05) is 13.8 Å². The van der Waals surface area contributed by atoms with E-state index >= 15 is 0 Å². The van der Waals surface area contributed by atoms with E-state index in [2.05, 4.69) is 0 Å². The molecule has 0 unspecified atom stereocenters. The Bertz CT molecular complexity index is 94.1. The summed E-state index contributed by atoms with van der Waals surface area (Å²) < 4.78 is 5.18. The molecule has 2 nitrogen and oxygen atoms in total. The topological polar surface area (TPSA) is 29.5 Å². The Hall–Kier alpha value is 0.210. The zero-order valence-corrected chi connectivity index (χ0v) is 8.14. The number of alkyl halides is 1. The van der Waals surface area contributed by atoms with Gasteiger partial charge in [0.25, 0.3) is 0 Å². The molecule has 3 atom stereocenters. The van der Waals surface area contributed by atoms with Gasteiger partial charge in [0.1, 0.15) is 0 Å². The zero-order valence-electron chi connectivity index (χ0n) is 7.38. The van der Waals surface area contributed by atoms with Gasteiger partial charge >= 0.3 is 0 Å². The Balaban J connectivity index is 3.24. The lowest BCUT2D eigenvalue weighted by Crippen LogP contribution is -2.18. The molecule has 11 heavy (non-hydrogen) atoms. The standard InChI is InChI=1S/C8H17ClO2/c1-6(8(3)9)4-11-5-7(2)10/h6-8,10H,4-5H2,1-3H3/t6-,7+,8-/m0/s1. The molecular formula is C8H17ClO2. The van der Waals surface area contributed by atoms with Crippen molar-refractivity contribution < 1.29 is 9.84 Å². The average molecular weight is 181 g/mol. The average Bonchev–Trinajstić information content (AvgIpc) is 1.86. The van der Waals surface area contributed by atoms with Crippen molar-refractivity contribution in [2.75, 3.05) is 13.2 Å². The lowest BCUT2D eigenvalue weighted by Gasteiger charge is -2.14. The molecule has 0 aliphatic rings. The summed E-state index contributed by atoms with van der Waals surface area (Å²) in [7, 11) is 0. The molecule has 0 aromatic carbocycles. The van der Waals surface area contributed by atoms with Gasteiger partial charge in [-0.2, -0.15) is 0 Å². The van der Waals surface area contributed by atoms with E-state index in [1.54, 1.807) is 6.92 Å². The number of aliphatic hydroxyl groups excluding tert-OH is 1. The highest BCUT2D eigenvalue weighted by molar-refractivity contribution is 6.20. The summed E-state index contributed by atoms with van der Waals surface area (Å²) >= 11 is 5.80. The van der Waals surface area contributed by atoms with Gasteiger partial charge in [0.15, 0.2) is 0 Å². The summed E-state index contributed by atoms with van der Waals surface area (Å²) in [5.41, 5.74) is 0. The number of hydrogen-bond donors (Lipinski definition) is 1. The number of halogens is 1. The van der Waals surface area contributed by atoms with Crippen LogP contribution in [0.5, 0.6) is 0 Å². The predicted molar refractivity (Wildman–Crippen MR) is 47.0 cm³/mol. The van der Waals surface area contributed by atoms with Gasteiger partial charge in [-0.25, -0.2) is 0 Å². The van der Waals surface area contributed by atoms with E-state index in [0.29, 0.717) is 19.1 Å². The number of hydrogen-bond acceptors (Lipinski definition) is 2. The van der Waals surface area contributed by atoms with Gasteiger partial charge in [-0.05, 0) is 19.8 Å². The minimum atomic E-state index is -0.382. The fraction of sp³-hybridized carbons (Fsp3) is 1.00. The Kier molecular flexibility index (Phi) is 5.92. The van der Waals surface area contributed by atoms with Crippen molar-refractivity contribution in [1.82, 2.24) is 0 Å². The largest absolute Gasteiger partial charge is 0.391 e. The molecule has 0 amide bonds. The second-order valence-electron chi connectivity index (χ2n) is 3.04. The first-order valence-electron chi connectivity index (χ1n) is 3.94. The second-order valence-corrected chi connectivity index (χ2v) is 3.73. The molecule has 0 saturated heterocycles. The van der Waals surface area contributed by atoms with Gasteiger partial charge in [0.2, 0.25) is 0 Å². The fourth-order valence-electron chi connectivity index (χ4n) is 0.557. The van der Waals surface area contributed by atoms with Gasteiger partial charge in [0.05, 0.1) is 19.3 Å². The minimum Gasteiger partial charge on any atom is -0.391 e. The van der Waals surface area contributed by atoms with E-state index in [4.69, 9.17) is 21.4 Å². The fourth-order valence-corrected chi connectivity index (χ4v) is 0.630. The van der Waals surface area contributed by atoms with Crippen LogP contribution in [0.25, 0.3) is 0 Å². The van der Waals surface area contributed by atoms with Gasteiger partial charge < -0.3 is 9.84 Å². The van der Waals surface area contributed by atoms with Crippen molar-refractivity contribution in [3.8, 4) is 0 Å². The Morgan fingerprint density at radius 3 is 2.18 bits per heavy atom. The van der Waals surface area contributed by atoms with Gasteiger partial charge in [-0.1, -0.05) is 6.92 Å². The van der Waals surface area contributed by atoms with Crippen LogP contribution in [0, 0.1) is 5.92 Å². The van der Waals surface area contributed by atoms with E-state index in [-0.39, 0.29) is 11.5 Å². The summed E-state index contributed by atoms with van der Waals surface area (Å²) in [5.74, 6) is 0.343. The van der Waals surface area contributed by atoms with Gasteiger partial charge in [-0.15, -0.1) is 11.6 Å². The van der Waals surface area contributed by atoms with E-state index in [1.165, 1.54) is 0 Å². The predicted octanol–water partition coefficient (Wildman–Crippen LogP) is 1.65. The van der Waals surface area contributed by atoms with Crippen molar-refractivity contribution in [2.24, 2.45) is 5.92 Å². The van der Waals surface area contributed by atoms with Crippen LogP contribution in [-0.4, -0.2) is 29.8 Å². The van der Waals surface area contributed by atoms with Crippen LogP contribution in [0.4, 0.5) is 0 Å². The quantitative estimate of drug-likeness (QED) is 0.652. The number of rotatable bonds is 5. The van der Waals surface area contributed by atoms with Crippen molar-refractivity contribution in [3.63, 3.8) is 0 Å². The molecule has 68 valence electrons. The van der Waals surface area contributed by atoms with Gasteiger partial charge in [-0.3, -0.25) is 0 Å². The van der Waals surface area contributed by atoms with Crippen molar-refractivity contribution in [1.29, 1.82) is 0 Å². The van der Waals surface area contributed by atoms with Crippen molar-refractivity contribution >= 4 is 11.6 Å². The molecular weight excluding hydrogens is 164 g/mol. The first kappa shape index (κ1) is 11.2. The Morgan fingerprint density at radius 1 is 1.27 bits per heavy atom. The Morgan fingerprint density at radius 2 is 1.82 bits per heavy atom. The SMILES string of the molecule is C[C@H](Cl)[C@@H](C)COC[C@@H](C)O. The van der Waals surface area contributed by atoms with Crippen LogP contribution >= 0.6 is 11.6 Å². The first-order valence-corrected chi connectivity index (χ1v) is 4.37. The summed E-state index contributed by atoms with van der Waals surface area (Å²) in [5, 5.41) is 8.97. The zero-order chi connectivity index (χ0) is 8.85. The molecule has 0 heterocycles. The highest BCUT2D eigenvalue weighted by atomic mass is 35.5. The molecule has 0 radical (unpaired) electrons. The van der Waals surface area contributed by atoms with E-state index < -0.39 is 0 Å². The van der Waals surface area contributed by atoms with Crippen molar-refractivity contribution in [3.05, 3.63) is 0 Å². The number of ether oxygens (including phenoxy) is 1. The lowest BCUT2D eigenvalue weighted by molar-refractivity contribution is 0.0319. The van der Waals surface area contributed by atoms with Crippen LogP contribution in [0.2, 0.25) is 0 Å². The normalized spacial score (nSPS) is 19.4. The van der Waals surface area contributed by atoms with Crippen LogP contribution in [0.1, 0.15) is 20.8 Å². The molecule has 0 fully saturated rings. The molecule has 0 aliphatic carbocycles. The third-order valence-electron chi connectivity index (χ3n) is 1.52. The summed E-state index contributed by atoms with van der Waals surface area (Å²) in [6, 6.07) is 0. The lowest BCUT2D eigenvalue weighted by atomic mass is 10.1. The van der Waals surface area contributed by atoms with Crippen LogP contribution in [-0.2, 0) is 4.74 Å². The van der Waals surface area contributed by atoms with Crippen LogP contribution in [0.3, 0.4) is 0 Å². The minimum absolute atomic E-state index is 0.129. The highest BCUT2D eigenvalue weighted by Gasteiger charge is 2.08. The third kappa shape index (κ3) is 6.60. The molecule has 0 aromatic heterocycles. The monoisotopic (exact) mass is 180 g/mol. The highest BCUT2D eigenvalue weighted by Crippen LogP contribution is 2.09. The summed E-state index contributed by atoms with van der Waals surface area (Å²) in [6.07, 6.45) is -0.382. The molecule has 0 bridgehead atoms. The van der Waals surface area contributed by atoms with Crippen molar-refractivity contribution in [2.45, 2.75) is 32.3 Å². The maximum atomic E-state index is 8.85. The molecule has 1 N–H and O–H groups in total. The third-order valence-corrected chi connectivity index (χ3v) is 1.95. The molecule has 0 rings (SSSR count). The molecule has 0 spiro atoms. The first-order chi connectivity index (χ1) is 5.04. The van der Waals surface area contributed by atoms with Gasteiger partial charge in [0, 0.05) is 5.38 Å². The Labute approximate surface area is 73.5 Å². The molecule has 3 heteroatoms. The summed E-state index contributed by atoms with van der Waals surface area (Å²) in [6.45, 7) is 6.69. The van der Waals surface area contributed by atoms with Crippen LogP contribution in [0.15, 0.2) is 0 Å². The van der Waals surface area contributed by atoms with E-state index in [0.717, 1.165) is 0 Å². The molecule has 0 aliphatic heterocycles. The maximum Gasteiger partial charge on any atom is 0.0745 e. The maximum absolute atomic E-state index is 8.85. The second kappa shape index (κ2) is 5.81. The number of aliphatic hydroxyl groups is 1.